The van der Waals surface area contributed by atoms with Gasteiger partial charge in [-0.25, -0.2) is 0 Å². The summed E-state index contributed by atoms with van der Waals surface area (Å²) in [6.07, 6.45) is 0.915. The van der Waals surface area contributed by atoms with Crippen LogP contribution in [0.5, 0.6) is 5.75 Å². The van der Waals surface area contributed by atoms with E-state index in [9.17, 15) is 9.59 Å². The molecule has 0 bridgehead atoms. The molecule has 5 nitrogen and oxygen atoms in total. The average Bonchev–Trinajstić information content (AvgIpc) is 2.58. The highest BCUT2D eigenvalue weighted by molar-refractivity contribution is 9.10. The molecule has 2 aromatic rings. The third-order valence-electron chi connectivity index (χ3n) is 3.09. The molecule has 2 rings (SSSR count). The van der Waals surface area contributed by atoms with Crippen molar-refractivity contribution in [1.29, 1.82) is 0 Å². The third kappa shape index (κ3) is 5.70. The van der Waals surface area contributed by atoms with E-state index in [1.165, 1.54) is 0 Å². The molecule has 24 heavy (non-hydrogen) atoms. The molecule has 0 unspecified atom stereocenters. The minimum Gasteiger partial charge on any atom is -0.494 e. The normalized spacial score (nSPS) is 10.1. The number of rotatable bonds is 7. The van der Waals surface area contributed by atoms with E-state index in [2.05, 4.69) is 26.6 Å². The summed E-state index contributed by atoms with van der Waals surface area (Å²) in [5, 5.41) is 5.33. The topological polar surface area (TPSA) is 67.4 Å². The van der Waals surface area contributed by atoms with Crippen LogP contribution in [0.1, 0.15) is 23.7 Å². The van der Waals surface area contributed by atoms with Crippen molar-refractivity contribution >= 4 is 33.4 Å². The highest BCUT2D eigenvalue weighted by Crippen LogP contribution is 2.17. The number of carbonyl (C=O) groups is 2. The number of anilines is 1. The zero-order valence-electron chi connectivity index (χ0n) is 13.3. The first-order chi connectivity index (χ1) is 11.6. The Balaban J connectivity index is 1.86. The number of amides is 2. The van der Waals surface area contributed by atoms with Crippen LogP contribution in [0.3, 0.4) is 0 Å². The molecule has 0 fully saturated rings. The first-order valence-electron chi connectivity index (χ1n) is 7.65. The van der Waals surface area contributed by atoms with Gasteiger partial charge in [0, 0.05) is 21.8 Å². The van der Waals surface area contributed by atoms with Crippen molar-refractivity contribution in [3.05, 3.63) is 58.6 Å². The van der Waals surface area contributed by atoms with Gasteiger partial charge in [-0.1, -0.05) is 35.0 Å². The molecule has 6 heteroatoms. The Morgan fingerprint density at radius 1 is 1.12 bits per heavy atom. The van der Waals surface area contributed by atoms with E-state index in [0.717, 1.165) is 10.9 Å². The van der Waals surface area contributed by atoms with Crippen LogP contribution >= 0.6 is 15.9 Å². The summed E-state index contributed by atoms with van der Waals surface area (Å²) >= 11 is 3.31. The number of carbonyl (C=O) groups excluding carboxylic acids is 2. The smallest absolute Gasteiger partial charge is 0.251 e. The maximum atomic E-state index is 12.0. The van der Waals surface area contributed by atoms with E-state index in [1.807, 2.05) is 19.1 Å². The van der Waals surface area contributed by atoms with Crippen LogP contribution in [0.2, 0.25) is 0 Å². The van der Waals surface area contributed by atoms with Crippen LogP contribution in [-0.2, 0) is 4.79 Å². The Labute approximate surface area is 149 Å². The lowest BCUT2D eigenvalue weighted by atomic mass is 10.2. The van der Waals surface area contributed by atoms with E-state index >= 15 is 0 Å². The van der Waals surface area contributed by atoms with Crippen molar-refractivity contribution in [2.24, 2.45) is 0 Å². The van der Waals surface area contributed by atoms with Gasteiger partial charge in [0.15, 0.2) is 0 Å². The fourth-order valence-corrected chi connectivity index (χ4v) is 2.38. The zero-order valence-corrected chi connectivity index (χ0v) is 14.9. The fourth-order valence-electron chi connectivity index (χ4n) is 1.98. The van der Waals surface area contributed by atoms with Crippen molar-refractivity contribution in [3.8, 4) is 5.75 Å². The molecule has 0 saturated carbocycles. The van der Waals surface area contributed by atoms with Gasteiger partial charge in [0.1, 0.15) is 5.75 Å². The number of nitrogens with one attached hydrogen (secondary N) is 2. The summed E-state index contributed by atoms with van der Waals surface area (Å²) < 4.78 is 6.33. The number of ether oxygens (including phenoxy) is 1. The van der Waals surface area contributed by atoms with E-state index in [1.54, 1.807) is 36.4 Å². The summed E-state index contributed by atoms with van der Waals surface area (Å²) in [6.45, 7) is 2.55. The van der Waals surface area contributed by atoms with Gasteiger partial charge in [-0.3, -0.25) is 9.59 Å². The standard InChI is InChI=1S/C18H19BrN2O3/c1-2-9-24-16-8-4-7-15(11-16)21-17(22)12-20-18(23)13-5-3-6-14(19)10-13/h3-8,10-11H,2,9,12H2,1H3,(H,20,23)(H,21,22). The molecule has 2 aromatic carbocycles. The summed E-state index contributed by atoms with van der Waals surface area (Å²) in [6, 6.07) is 14.1. The Morgan fingerprint density at radius 2 is 1.92 bits per heavy atom. The van der Waals surface area contributed by atoms with Crippen LogP contribution in [0.15, 0.2) is 53.0 Å². The third-order valence-corrected chi connectivity index (χ3v) is 3.58. The average molecular weight is 391 g/mol. The molecule has 0 radical (unpaired) electrons. The maximum absolute atomic E-state index is 12.0. The highest BCUT2D eigenvalue weighted by atomic mass is 79.9. The van der Waals surface area contributed by atoms with Gasteiger partial charge in [-0.05, 0) is 36.8 Å². The van der Waals surface area contributed by atoms with Crippen molar-refractivity contribution in [3.63, 3.8) is 0 Å². The quantitative estimate of drug-likeness (QED) is 0.758. The second-order valence-corrected chi connectivity index (χ2v) is 6.03. The molecule has 0 aromatic heterocycles. The molecular formula is C18H19BrN2O3. The number of benzene rings is 2. The molecular weight excluding hydrogens is 372 g/mol. The van der Waals surface area contributed by atoms with Gasteiger partial charge in [-0.15, -0.1) is 0 Å². The summed E-state index contributed by atoms with van der Waals surface area (Å²) in [4.78, 5) is 24.0. The fraction of sp³-hybridized carbons (Fsp3) is 0.222. The van der Waals surface area contributed by atoms with E-state index < -0.39 is 0 Å². The largest absolute Gasteiger partial charge is 0.494 e. The minimum atomic E-state index is -0.300. The van der Waals surface area contributed by atoms with Gasteiger partial charge in [0.2, 0.25) is 5.91 Å². The van der Waals surface area contributed by atoms with Gasteiger partial charge in [-0.2, -0.15) is 0 Å². The predicted molar refractivity (Wildman–Crippen MR) is 97.3 cm³/mol. The van der Waals surface area contributed by atoms with Crippen LogP contribution in [0.25, 0.3) is 0 Å². The van der Waals surface area contributed by atoms with Crippen LogP contribution in [-0.4, -0.2) is 25.0 Å². The Kier molecular flexibility index (Phi) is 6.81. The van der Waals surface area contributed by atoms with E-state index in [-0.39, 0.29) is 18.4 Å². The maximum Gasteiger partial charge on any atom is 0.251 e. The molecule has 0 aliphatic carbocycles. The van der Waals surface area contributed by atoms with Gasteiger partial charge in [0.25, 0.3) is 5.91 Å². The van der Waals surface area contributed by atoms with Gasteiger partial charge >= 0.3 is 0 Å². The number of hydrogen-bond acceptors (Lipinski definition) is 3. The number of halogens is 1. The lowest BCUT2D eigenvalue weighted by Gasteiger charge is -2.09. The first kappa shape index (κ1) is 18.0. The van der Waals surface area contributed by atoms with Crippen molar-refractivity contribution in [2.75, 3.05) is 18.5 Å². The molecule has 0 heterocycles. The molecule has 0 aliphatic heterocycles. The predicted octanol–water partition coefficient (Wildman–Crippen LogP) is 3.61. The molecule has 0 spiro atoms. The molecule has 126 valence electrons. The highest BCUT2D eigenvalue weighted by Gasteiger charge is 2.09. The van der Waals surface area contributed by atoms with Crippen LogP contribution in [0.4, 0.5) is 5.69 Å². The molecule has 0 saturated heterocycles. The number of hydrogen-bond donors (Lipinski definition) is 2. The van der Waals surface area contributed by atoms with Crippen molar-refractivity contribution in [2.45, 2.75) is 13.3 Å². The summed E-state index contributed by atoms with van der Waals surface area (Å²) in [5.41, 5.74) is 1.12. The second-order valence-electron chi connectivity index (χ2n) is 5.12. The summed E-state index contributed by atoms with van der Waals surface area (Å²) in [5.74, 6) is 0.102. The molecule has 0 atom stereocenters. The van der Waals surface area contributed by atoms with Crippen molar-refractivity contribution < 1.29 is 14.3 Å². The SMILES string of the molecule is CCCOc1cccc(NC(=O)CNC(=O)c2cccc(Br)c2)c1. The Bertz CT molecular complexity index is 719. The van der Waals surface area contributed by atoms with Gasteiger partial charge in [0.05, 0.1) is 13.2 Å². The Morgan fingerprint density at radius 3 is 2.67 bits per heavy atom. The van der Waals surface area contributed by atoms with E-state index in [0.29, 0.717) is 23.6 Å². The van der Waals surface area contributed by atoms with Gasteiger partial charge < -0.3 is 15.4 Å². The minimum absolute atomic E-state index is 0.106. The lowest BCUT2D eigenvalue weighted by Crippen LogP contribution is -2.32. The molecule has 0 aliphatic rings. The monoisotopic (exact) mass is 390 g/mol. The zero-order chi connectivity index (χ0) is 17.4. The van der Waals surface area contributed by atoms with E-state index in [4.69, 9.17) is 4.74 Å². The Hall–Kier alpha value is -2.34. The molecule has 2 N–H and O–H groups in total. The van der Waals surface area contributed by atoms with Crippen LogP contribution in [0, 0.1) is 0 Å². The van der Waals surface area contributed by atoms with Crippen LogP contribution < -0.4 is 15.4 Å². The summed E-state index contributed by atoms with van der Waals surface area (Å²) in [7, 11) is 0. The second kappa shape index (κ2) is 9.08. The van der Waals surface area contributed by atoms with Crippen molar-refractivity contribution in [1.82, 2.24) is 5.32 Å². The first-order valence-corrected chi connectivity index (χ1v) is 8.44. The lowest BCUT2D eigenvalue weighted by molar-refractivity contribution is -0.115. The molecule has 2 amide bonds.